The van der Waals surface area contributed by atoms with Crippen molar-refractivity contribution in [1.82, 2.24) is 4.90 Å². The number of rotatable bonds is 2. The third kappa shape index (κ3) is 3.27. The topological polar surface area (TPSA) is 20.3 Å². The fourth-order valence-electron chi connectivity index (χ4n) is 2.85. The Labute approximate surface area is 118 Å². The lowest BCUT2D eigenvalue weighted by atomic mass is 9.91. The molecule has 0 bridgehead atoms. The number of nitrogens with zero attached hydrogens (tertiary/aromatic N) is 1. The van der Waals surface area contributed by atoms with E-state index in [0.29, 0.717) is 5.56 Å². The van der Waals surface area contributed by atoms with E-state index < -0.39 is 5.82 Å². The highest BCUT2D eigenvalue weighted by molar-refractivity contribution is 6.30. The quantitative estimate of drug-likeness (QED) is 0.811. The minimum atomic E-state index is -0.471. The van der Waals surface area contributed by atoms with E-state index in [1.54, 1.807) is 6.07 Å². The highest BCUT2D eigenvalue weighted by Crippen LogP contribution is 2.34. The summed E-state index contributed by atoms with van der Waals surface area (Å²) >= 11 is 5.63. The van der Waals surface area contributed by atoms with Gasteiger partial charge in [-0.05, 0) is 36.5 Å². The second-order valence-corrected chi connectivity index (χ2v) is 6.57. The molecule has 0 radical (unpaired) electrons. The molecule has 1 heterocycles. The molecule has 1 saturated heterocycles. The highest BCUT2D eigenvalue weighted by Gasteiger charge is 2.37. The van der Waals surface area contributed by atoms with Crippen molar-refractivity contribution in [3.63, 3.8) is 0 Å². The Bertz CT molecular complexity index is 501. The van der Waals surface area contributed by atoms with Crippen molar-refractivity contribution < 1.29 is 9.18 Å². The maximum absolute atomic E-state index is 13.3. The maximum atomic E-state index is 13.3. The second-order valence-electron chi connectivity index (χ2n) is 6.16. The van der Waals surface area contributed by atoms with Gasteiger partial charge in [0.1, 0.15) is 5.82 Å². The van der Waals surface area contributed by atoms with E-state index in [2.05, 4.69) is 20.8 Å². The van der Waals surface area contributed by atoms with Gasteiger partial charge in [-0.1, -0.05) is 31.5 Å². The first-order valence-corrected chi connectivity index (χ1v) is 6.90. The van der Waals surface area contributed by atoms with Crippen molar-refractivity contribution >= 4 is 17.5 Å². The van der Waals surface area contributed by atoms with Gasteiger partial charge in [-0.15, -0.1) is 0 Å². The fraction of sp³-hybridized carbons (Fsp3) is 0.533. The Morgan fingerprint density at radius 2 is 2.21 bits per heavy atom. The zero-order valence-electron chi connectivity index (χ0n) is 11.5. The van der Waals surface area contributed by atoms with Crippen LogP contribution in [0.2, 0.25) is 5.02 Å². The van der Waals surface area contributed by atoms with Crippen LogP contribution in [0, 0.1) is 11.2 Å². The minimum Gasteiger partial charge on any atom is -0.339 e. The van der Waals surface area contributed by atoms with Gasteiger partial charge >= 0.3 is 0 Å². The number of hydrogen-bond acceptors (Lipinski definition) is 1. The molecule has 104 valence electrons. The van der Waals surface area contributed by atoms with Gasteiger partial charge in [0.2, 0.25) is 5.91 Å². The monoisotopic (exact) mass is 283 g/mol. The van der Waals surface area contributed by atoms with E-state index in [4.69, 9.17) is 11.6 Å². The average molecular weight is 284 g/mol. The van der Waals surface area contributed by atoms with Gasteiger partial charge in [-0.3, -0.25) is 4.79 Å². The Morgan fingerprint density at radius 1 is 1.53 bits per heavy atom. The summed E-state index contributed by atoms with van der Waals surface area (Å²) in [6.45, 7) is 7.16. The maximum Gasteiger partial charge on any atom is 0.227 e. The predicted octanol–water partition coefficient (Wildman–Crippen LogP) is 3.67. The van der Waals surface area contributed by atoms with Crippen molar-refractivity contribution in [3.05, 3.63) is 34.6 Å². The third-order valence-corrected chi connectivity index (χ3v) is 3.94. The van der Waals surface area contributed by atoms with Gasteiger partial charge in [0.05, 0.1) is 11.4 Å². The zero-order valence-corrected chi connectivity index (χ0v) is 12.3. The smallest absolute Gasteiger partial charge is 0.227 e. The number of amides is 1. The highest BCUT2D eigenvalue weighted by atomic mass is 35.5. The van der Waals surface area contributed by atoms with Crippen molar-refractivity contribution in [2.45, 2.75) is 39.7 Å². The van der Waals surface area contributed by atoms with Gasteiger partial charge in [0, 0.05) is 12.6 Å². The molecule has 1 fully saturated rings. The van der Waals surface area contributed by atoms with Crippen molar-refractivity contribution in [3.8, 4) is 0 Å². The summed E-state index contributed by atoms with van der Waals surface area (Å²) in [5, 5.41) is 0.0897. The molecule has 1 aromatic rings. The molecule has 1 aliphatic heterocycles. The lowest BCUT2D eigenvalue weighted by molar-refractivity contribution is -0.131. The lowest BCUT2D eigenvalue weighted by Crippen LogP contribution is -2.35. The molecule has 1 amide bonds. The molecule has 0 spiro atoms. The normalized spacial score (nSPS) is 21.7. The number of benzene rings is 1. The molecule has 0 aromatic heterocycles. The van der Waals surface area contributed by atoms with E-state index in [1.165, 1.54) is 12.1 Å². The van der Waals surface area contributed by atoms with Gasteiger partial charge in [0.25, 0.3) is 0 Å². The van der Waals surface area contributed by atoms with Crippen LogP contribution in [0.15, 0.2) is 18.2 Å². The van der Waals surface area contributed by atoms with E-state index in [0.717, 1.165) is 13.0 Å². The fourth-order valence-corrected chi connectivity index (χ4v) is 2.97. The SMILES string of the molecule is CC1CC(C)(C)CN1C(=O)Cc1ccc(Cl)c(F)c1. The molecule has 1 aromatic carbocycles. The Balaban J connectivity index is 2.07. The van der Waals surface area contributed by atoms with Crippen LogP contribution in [-0.4, -0.2) is 23.4 Å². The van der Waals surface area contributed by atoms with Crippen LogP contribution in [-0.2, 0) is 11.2 Å². The summed E-state index contributed by atoms with van der Waals surface area (Å²) in [5.41, 5.74) is 0.837. The standard InChI is InChI=1S/C15H19ClFNO/c1-10-8-15(2,3)9-18(10)14(19)7-11-4-5-12(16)13(17)6-11/h4-6,10H,7-9H2,1-3H3. The second kappa shape index (κ2) is 5.12. The predicted molar refractivity (Wildman–Crippen MR) is 74.7 cm³/mol. The number of halogens is 2. The third-order valence-electron chi connectivity index (χ3n) is 3.64. The van der Waals surface area contributed by atoms with Crippen LogP contribution in [0.1, 0.15) is 32.8 Å². The Kier molecular flexibility index (Phi) is 3.86. The minimum absolute atomic E-state index is 0.0554. The molecule has 4 heteroatoms. The molecule has 2 nitrogen and oxygen atoms in total. The summed E-state index contributed by atoms with van der Waals surface area (Å²) in [4.78, 5) is 14.2. The van der Waals surface area contributed by atoms with E-state index >= 15 is 0 Å². The molecule has 0 aliphatic carbocycles. The molecule has 0 saturated carbocycles. The first kappa shape index (κ1) is 14.3. The molecule has 0 N–H and O–H groups in total. The molecule has 1 unspecified atom stereocenters. The number of likely N-dealkylation sites (tertiary alicyclic amines) is 1. The van der Waals surface area contributed by atoms with Crippen LogP contribution in [0.5, 0.6) is 0 Å². The van der Waals surface area contributed by atoms with E-state index in [9.17, 15) is 9.18 Å². The van der Waals surface area contributed by atoms with Gasteiger partial charge in [-0.2, -0.15) is 0 Å². The van der Waals surface area contributed by atoms with Crippen molar-refractivity contribution in [2.24, 2.45) is 5.41 Å². The van der Waals surface area contributed by atoms with E-state index in [1.807, 2.05) is 4.90 Å². The van der Waals surface area contributed by atoms with Crippen LogP contribution in [0.3, 0.4) is 0 Å². The van der Waals surface area contributed by atoms with Crippen LogP contribution >= 0.6 is 11.6 Å². The zero-order chi connectivity index (χ0) is 14.2. The largest absolute Gasteiger partial charge is 0.339 e. The number of hydrogen-bond donors (Lipinski definition) is 0. The van der Waals surface area contributed by atoms with Crippen molar-refractivity contribution in [2.75, 3.05) is 6.54 Å². The van der Waals surface area contributed by atoms with Gasteiger partial charge in [0.15, 0.2) is 0 Å². The van der Waals surface area contributed by atoms with Crippen molar-refractivity contribution in [1.29, 1.82) is 0 Å². The molecular weight excluding hydrogens is 265 g/mol. The van der Waals surface area contributed by atoms with E-state index in [-0.39, 0.29) is 28.8 Å². The van der Waals surface area contributed by atoms with Gasteiger partial charge < -0.3 is 4.90 Å². The summed E-state index contributed by atoms with van der Waals surface area (Å²) in [6, 6.07) is 4.79. The average Bonchev–Trinajstić information content (AvgIpc) is 2.57. The number of carbonyl (C=O) groups is 1. The summed E-state index contributed by atoms with van der Waals surface area (Å²) in [7, 11) is 0. The Morgan fingerprint density at radius 3 is 2.74 bits per heavy atom. The van der Waals surface area contributed by atoms with Crippen LogP contribution in [0.4, 0.5) is 4.39 Å². The van der Waals surface area contributed by atoms with Gasteiger partial charge in [-0.25, -0.2) is 4.39 Å². The molecule has 1 aliphatic rings. The first-order valence-electron chi connectivity index (χ1n) is 6.52. The Hall–Kier alpha value is -1.09. The first-order chi connectivity index (χ1) is 8.78. The summed E-state index contributed by atoms with van der Waals surface area (Å²) in [6.07, 6.45) is 1.24. The van der Waals surface area contributed by atoms with Crippen LogP contribution in [0.25, 0.3) is 0 Å². The lowest BCUT2D eigenvalue weighted by Gasteiger charge is -2.22. The summed E-state index contributed by atoms with van der Waals surface area (Å²) < 4.78 is 13.3. The molecule has 2 rings (SSSR count). The molecular formula is C15H19ClFNO. The molecule has 19 heavy (non-hydrogen) atoms. The van der Waals surface area contributed by atoms with Crippen LogP contribution < -0.4 is 0 Å². The summed E-state index contributed by atoms with van der Waals surface area (Å²) in [5.74, 6) is -0.415. The number of carbonyl (C=O) groups excluding carboxylic acids is 1. The molecule has 1 atom stereocenters.